The molecule has 1 N–H and O–H groups in total. The lowest BCUT2D eigenvalue weighted by Gasteiger charge is -2.32. The Bertz CT molecular complexity index is 1430. The van der Waals surface area contributed by atoms with E-state index in [0.717, 1.165) is 9.87 Å². The Balaban J connectivity index is 2.03. The molecule has 0 saturated heterocycles. The van der Waals surface area contributed by atoms with Crippen molar-refractivity contribution in [3.8, 4) is 5.75 Å². The van der Waals surface area contributed by atoms with Crippen LogP contribution in [0.4, 0.5) is 5.69 Å². The molecule has 0 heterocycles. The van der Waals surface area contributed by atoms with Gasteiger partial charge in [-0.05, 0) is 81.8 Å². The number of likely N-dealkylation sites (N-methyl/N-ethyl adjacent to an activating group) is 1. The third kappa shape index (κ3) is 7.68. The summed E-state index contributed by atoms with van der Waals surface area (Å²) < 4.78 is 34.3. The van der Waals surface area contributed by atoms with Crippen LogP contribution in [-0.2, 0) is 26.2 Å². The number of sulfonamides is 1. The zero-order chi connectivity index (χ0) is 29.4. The molecule has 0 saturated carbocycles. The number of anilines is 1. The zero-order valence-electron chi connectivity index (χ0n) is 22.9. The van der Waals surface area contributed by atoms with Crippen LogP contribution in [0.1, 0.15) is 31.9 Å². The van der Waals surface area contributed by atoms with Crippen LogP contribution in [0.25, 0.3) is 0 Å². The van der Waals surface area contributed by atoms with Crippen molar-refractivity contribution < 1.29 is 22.7 Å². The number of rotatable bonds is 12. The Morgan fingerprint density at radius 2 is 1.62 bits per heavy atom. The van der Waals surface area contributed by atoms with E-state index in [1.807, 2.05) is 13.8 Å². The number of amides is 2. The third-order valence-electron chi connectivity index (χ3n) is 6.20. The minimum Gasteiger partial charge on any atom is -0.494 e. The second-order valence-electron chi connectivity index (χ2n) is 9.08. The second-order valence-corrected chi connectivity index (χ2v) is 11.8. The first-order valence-corrected chi connectivity index (χ1v) is 15.0. The summed E-state index contributed by atoms with van der Waals surface area (Å²) in [6, 6.07) is 16.8. The molecule has 0 bridgehead atoms. The van der Waals surface area contributed by atoms with E-state index >= 15 is 0 Å². The van der Waals surface area contributed by atoms with Gasteiger partial charge in [-0.25, -0.2) is 8.42 Å². The normalized spacial score (nSPS) is 11.9. The average molecular weight is 607 g/mol. The summed E-state index contributed by atoms with van der Waals surface area (Å²) in [6.07, 6.45) is 0. The van der Waals surface area contributed by atoms with Crippen molar-refractivity contribution in [1.82, 2.24) is 10.2 Å². The monoisotopic (exact) mass is 605 g/mol. The average Bonchev–Trinajstić information content (AvgIpc) is 2.92. The van der Waals surface area contributed by atoms with Gasteiger partial charge < -0.3 is 15.0 Å². The van der Waals surface area contributed by atoms with Gasteiger partial charge in [0.15, 0.2) is 0 Å². The van der Waals surface area contributed by atoms with E-state index in [0.29, 0.717) is 40.2 Å². The number of ether oxygens (including phenoxy) is 1. The largest absolute Gasteiger partial charge is 0.494 e. The summed E-state index contributed by atoms with van der Waals surface area (Å²) >= 11 is 12.4. The van der Waals surface area contributed by atoms with Crippen LogP contribution in [-0.4, -0.2) is 50.9 Å². The Kier molecular flexibility index (Phi) is 10.8. The first-order valence-electron chi connectivity index (χ1n) is 12.8. The van der Waals surface area contributed by atoms with E-state index in [4.69, 9.17) is 27.9 Å². The van der Waals surface area contributed by atoms with Gasteiger partial charge >= 0.3 is 0 Å². The molecule has 11 heteroatoms. The molecule has 0 aliphatic heterocycles. The molecule has 8 nitrogen and oxygen atoms in total. The Morgan fingerprint density at radius 1 is 0.975 bits per heavy atom. The number of hydrogen-bond acceptors (Lipinski definition) is 5. The fraction of sp³-hybridized carbons (Fsp3) is 0.310. The lowest BCUT2D eigenvalue weighted by atomic mass is 10.1. The molecule has 0 radical (unpaired) electrons. The number of benzene rings is 3. The number of carbonyl (C=O) groups excluding carboxylic acids is 2. The molecule has 0 spiro atoms. The Morgan fingerprint density at radius 3 is 2.20 bits per heavy atom. The standard InChI is InChI=1S/C29H33Cl2N3O5S/c1-5-32-29(36)21(4)33(18-22-9-10-23(30)17-27(22)31)28(35)19-34(24-11-7-20(3)8-12-24)40(37,38)26-15-13-25(14-16-26)39-6-2/h7-17,21H,5-6,18-19H2,1-4H3,(H,32,36). The molecule has 3 aromatic rings. The molecule has 2 amide bonds. The quantitative estimate of drug-likeness (QED) is 0.296. The van der Waals surface area contributed by atoms with E-state index in [-0.39, 0.29) is 17.3 Å². The maximum atomic E-state index is 13.9. The van der Waals surface area contributed by atoms with Gasteiger partial charge in [0, 0.05) is 23.1 Å². The van der Waals surface area contributed by atoms with Crippen LogP contribution >= 0.6 is 23.2 Å². The first-order chi connectivity index (χ1) is 19.0. The molecule has 0 fully saturated rings. The molecule has 3 rings (SSSR count). The lowest BCUT2D eigenvalue weighted by molar-refractivity contribution is -0.139. The fourth-order valence-corrected chi connectivity index (χ4v) is 5.86. The molecule has 40 heavy (non-hydrogen) atoms. The van der Waals surface area contributed by atoms with Gasteiger partial charge in [-0.1, -0.05) is 47.0 Å². The van der Waals surface area contributed by atoms with Crippen molar-refractivity contribution in [1.29, 1.82) is 0 Å². The van der Waals surface area contributed by atoms with E-state index in [1.165, 1.54) is 17.0 Å². The van der Waals surface area contributed by atoms with Gasteiger partial charge in [0.05, 0.1) is 17.2 Å². The summed E-state index contributed by atoms with van der Waals surface area (Å²) in [5.74, 6) is -0.432. The van der Waals surface area contributed by atoms with Gasteiger partial charge in [-0.3, -0.25) is 13.9 Å². The number of hydrogen-bond donors (Lipinski definition) is 1. The van der Waals surface area contributed by atoms with E-state index in [2.05, 4.69) is 5.32 Å². The van der Waals surface area contributed by atoms with Crippen molar-refractivity contribution in [2.75, 3.05) is 24.0 Å². The van der Waals surface area contributed by atoms with Crippen LogP contribution in [0.15, 0.2) is 71.6 Å². The van der Waals surface area contributed by atoms with Crippen LogP contribution in [0.2, 0.25) is 10.0 Å². The summed E-state index contributed by atoms with van der Waals surface area (Å²) in [5, 5.41) is 3.47. The molecular formula is C29H33Cl2N3O5S. The minimum atomic E-state index is -4.18. The van der Waals surface area contributed by atoms with Gasteiger partial charge in [-0.2, -0.15) is 0 Å². The van der Waals surface area contributed by atoms with Crippen LogP contribution in [0, 0.1) is 6.92 Å². The Hall–Kier alpha value is -3.27. The van der Waals surface area contributed by atoms with Crippen molar-refractivity contribution >= 4 is 50.7 Å². The summed E-state index contributed by atoms with van der Waals surface area (Å²) in [4.78, 5) is 28.0. The highest BCUT2D eigenvalue weighted by Crippen LogP contribution is 2.27. The molecule has 1 unspecified atom stereocenters. The van der Waals surface area contributed by atoms with Crippen molar-refractivity contribution in [2.24, 2.45) is 0 Å². The maximum Gasteiger partial charge on any atom is 0.264 e. The molecule has 0 aliphatic rings. The van der Waals surface area contributed by atoms with Gasteiger partial charge in [0.1, 0.15) is 18.3 Å². The molecule has 0 aliphatic carbocycles. The minimum absolute atomic E-state index is 0.00611. The SMILES string of the molecule is CCNC(=O)C(C)N(Cc1ccc(Cl)cc1Cl)C(=O)CN(c1ccc(C)cc1)S(=O)(=O)c1ccc(OCC)cc1. The summed E-state index contributed by atoms with van der Waals surface area (Å²) in [7, 11) is -4.18. The molecule has 1 atom stereocenters. The smallest absolute Gasteiger partial charge is 0.264 e. The zero-order valence-corrected chi connectivity index (χ0v) is 25.2. The second kappa shape index (κ2) is 13.9. The van der Waals surface area contributed by atoms with Gasteiger partial charge in [-0.15, -0.1) is 0 Å². The molecular weight excluding hydrogens is 573 g/mol. The number of carbonyl (C=O) groups is 2. The predicted molar refractivity (Wildman–Crippen MR) is 158 cm³/mol. The lowest BCUT2D eigenvalue weighted by Crippen LogP contribution is -2.51. The van der Waals surface area contributed by atoms with Crippen molar-refractivity contribution in [3.63, 3.8) is 0 Å². The van der Waals surface area contributed by atoms with E-state index in [1.54, 1.807) is 68.4 Å². The van der Waals surface area contributed by atoms with Crippen molar-refractivity contribution in [3.05, 3.63) is 87.9 Å². The number of nitrogens with one attached hydrogen (secondary N) is 1. The number of aryl methyl sites for hydroxylation is 1. The molecule has 0 aromatic heterocycles. The first kappa shape index (κ1) is 31.3. The summed E-state index contributed by atoms with van der Waals surface area (Å²) in [5.41, 5.74) is 1.80. The number of nitrogens with zero attached hydrogens (tertiary/aromatic N) is 2. The Labute approximate surface area is 245 Å². The molecule has 214 valence electrons. The highest BCUT2D eigenvalue weighted by Gasteiger charge is 2.32. The third-order valence-corrected chi connectivity index (χ3v) is 8.57. The van der Waals surface area contributed by atoms with E-state index < -0.39 is 28.5 Å². The predicted octanol–water partition coefficient (Wildman–Crippen LogP) is 5.45. The fourth-order valence-electron chi connectivity index (χ4n) is 3.98. The van der Waals surface area contributed by atoms with Crippen molar-refractivity contribution in [2.45, 2.75) is 45.2 Å². The van der Waals surface area contributed by atoms with Crippen LogP contribution < -0.4 is 14.4 Å². The van der Waals surface area contributed by atoms with Crippen LogP contribution in [0.5, 0.6) is 5.75 Å². The van der Waals surface area contributed by atoms with Gasteiger partial charge in [0.2, 0.25) is 11.8 Å². The number of halogens is 2. The maximum absolute atomic E-state index is 13.9. The van der Waals surface area contributed by atoms with E-state index in [9.17, 15) is 18.0 Å². The molecule has 3 aromatic carbocycles. The van der Waals surface area contributed by atoms with Gasteiger partial charge in [0.25, 0.3) is 10.0 Å². The van der Waals surface area contributed by atoms with Crippen LogP contribution in [0.3, 0.4) is 0 Å². The highest BCUT2D eigenvalue weighted by molar-refractivity contribution is 7.92. The summed E-state index contributed by atoms with van der Waals surface area (Å²) in [6.45, 7) is 7.30. The highest BCUT2D eigenvalue weighted by atomic mass is 35.5. The topological polar surface area (TPSA) is 96.0 Å².